The molecule has 0 spiro atoms. The first-order chi connectivity index (χ1) is 9.99. The number of sulfonamides is 1. The first kappa shape index (κ1) is 16.7. The van der Waals surface area contributed by atoms with Gasteiger partial charge in [-0.1, -0.05) is 13.3 Å². The fourth-order valence-electron chi connectivity index (χ4n) is 3.02. The number of nitrogens with two attached hydrogens (primary N) is 1. The molecule has 0 bridgehead atoms. The van der Waals surface area contributed by atoms with Gasteiger partial charge in [-0.3, -0.25) is 4.79 Å². The molecule has 7 heteroatoms. The first-order valence-electron chi connectivity index (χ1n) is 7.99. The highest BCUT2D eigenvalue weighted by Gasteiger charge is 2.38. The molecule has 1 aliphatic heterocycles. The van der Waals surface area contributed by atoms with Crippen molar-refractivity contribution in [1.29, 1.82) is 0 Å². The number of piperidine rings is 1. The van der Waals surface area contributed by atoms with E-state index in [1.807, 2.05) is 6.92 Å². The van der Waals surface area contributed by atoms with Gasteiger partial charge in [0.1, 0.15) is 6.04 Å². The zero-order valence-electron chi connectivity index (χ0n) is 12.8. The van der Waals surface area contributed by atoms with Crippen LogP contribution in [0.15, 0.2) is 0 Å². The molecule has 1 amide bonds. The standard InChI is InChI=1S/C14H27N3O3S/c1-2-9-21(19,20)17-8-4-3-5-13(17)14(18)16-12(10-15)11-6-7-11/h11-13H,2-10,15H2,1H3,(H,16,18). The Balaban J connectivity index is 2.05. The molecule has 2 unspecified atom stereocenters. The summed E-state index contributed by atoms with van der Waals surface area (Å²) in [4.78, 5) is 12.5. The molecule has 122 valence electrons. The molecule has 1 saturated carbocycles. The second-order valence-corrected chi connectivity index (χ2v) is 8.17. The maximum atomic E-state index is 12.5. The van der Waals surface area contributed by atoms with Crippen molar-refractivity contribution in [2.45, 2.75) is 57.5 Å². The van der Waals surface area contributed by atoms with Crippen molar-refractivity contribution in [2.75, 3.05) is 18.8 Å². The summed E-state index contributed by atoms with van der Waals surface area (Å²) < 4.78 is 26.1. The van der Waals surface area contributed by atoms with Crippen molar-refractivity contribution in [1.82, 2.24) is 9.62 Å². The summed E-state index contributed by atoms with van der Waals surface area (Å²) in [5.41, 5.74) is 5.71. The highest BCUT2D eigenvalue weighted by Crippen LogP contribution is 2.32. The van der Waals surface area contributed by atoms with E-state index in [9.17, 15) is 13.2 Å². The van der Waals surface area contributed by atoms with E-state index in [0.29, 0.717) is 31.8 Å². The van der Waals surface area contributed by atoms with Gasteiger partial charge >= 0.3 is 0 Å². The topological polar surface area (TPSA) is 92.5 Å². The quantitative estimate of drug-likeness (QED) is 0.712. The van der Waals surface area contributed by atoms with Crippen LogP contribution in [-0.2, 0) is 14.8 Å². The summed E-state index contributed by atoms with van der Waals surface area (Å²) in [7, 11) is -3.33. The minimum absolute atomic E-state index is 0.00449. The van der Waals surface area contributed by atoms with Crippen LogP contribution in [-0.4, -0.2) is 49.6 Å². The van der Waals surface area contributed by atoms with Crippen LogP contribution in [0.5, 0.6) is 0 Å². The van der Waals surface area contributed by atoms with Crippen LogP contribution in [0.3, 0.4) is 0 Å². The number of amides is 1. The molecule has 0 aromatic heterocycles. The van der Waals surface area contributed by atoms with Crippen LogP contribution < -0.4 is 11.1 Å². The van der Waals surface area contributed by atoms with Gasteiger partial charge in [0, 0.05) is 19.1 Å². The highest BCUT2D eigenvalue weighted by molar-refractivity contribution is 7.89. The predicted octanol–water partition coefficient (Wildman–Crippen LogP) is 0.434. The summed E-state index contributed by atoms with van der Waals surface area (Å²) in [6.07, 6.45) is 5.11. The second-order valence-electron chi connectivity index (χ2n) is 6.13. The minimum Gasteiger partial charge on any atom is -0.350 e. The molecule has 2 fully saturated rings. The fourth-order valence-corrected chi connectivity index (χ4v) is 4.77. The monoisotopic (exact) mass is 317 g/mol. The average Bonchev–Trinajstić information content (AvgIpc) is 3.29. The maximum absolute atomic E-state index is 12.5. The lowest BCUT2D eigenvalue weighted by molar-refractivity contribution is -0.126. The molecule has 6 nitrogen and oxygen atoms in total. The number of carbonyl (C=O) groups is 1. The zero-order valence-corrected chi connectivity index (χ0v) is 13.6. The number of hydrogen-bond acceptors (Lipinski definition) is 4. The molecule has 21 heavy (non-hydrogen) atoms. The van der Waals surface area contributed by atoms with Gasteiger partial charge in [-0.15, -0.1) is 0 Å². The Kier molecular flexibility index (Phi) is 5.62. The molecule has 0 aromatic rings. The molecule has 1 saturated heterocycles. The van der Waals surface area contributed by atoms with E-state index in [2.05, 4.69) is 5.32 Å². The Morgan fingerprint density at radius 1 is 1.33 bits per heavy atom. The Morgan fingerprint density at radius 3 is 2.62 bits per heavy atom. The lowest BCUT2D eigenvalue weighted by atomic mass is 10.0. The highest BCUT2D eigenvalue weighted by atomic mass is 32.2. The molecule has 0 aromatic carbocycles. The largest absolute Gasteiger partial charge is 0.350 e. The van der Waals surface area contributed by atoms with Gasteiger partial charge in [0.15, 0.2) is 0 Å². The van der Waals surface area contributed by atoms with E-state index >= 15 is 0 Å². The number of nitrogens with one attached hydrogen (secondary N) is 1. The molecule has 2 aliphatic rings. The molecule has 2 rings (SSSR count). The van der Waals surface area contributed by atoms with Crippen molar-refractivity contribution in [2.24, 2.45) is 11.7 Å². The van der Waals surface area contributed by atoms with Crippen LogP contribution in [0.2, 0.25) is 0 Å². The molecular formula is C14H27N3O3S. The van der Waals surface area contributed by atoms with Gasteiger partial charge in [0.05, 0.1) is 5.75 Å². The van der Waals surface area contributed by atoms with Crippen LogP contribution in [0.1, 0.15) is 45.4 Å². The van der Waals surface area contributed by atoms with Gasteiger partial charge in [-0.2, -0.15) is 4.31 Å². The normalized spacial score (nSPS) is 25.5. The van der Waals surface area contributed by atoms with Crippen LogP contribution in [0.25, 0.3) is 0 Å². The van der Waals surface area contributed by atoms with Crippen LogP contribution in [0, 0.1) is 5.92 Å². The molecular weight excluding hydrogens is 290 g/mol. The Hall–Kier alpha value is -0.660. The molecule has 1 heterocycles. The number of nitrogens with zero attached hydrogens (tertiary/aromatic N) is 1. The van der Waals surface area contributed by atoms with E-state index in [-0.39, 0.29) is 17.7 Å². The van der Waals surface area contributed by atoms with Crippen LogP contribution >= 0.6 is 0 Å². The van der Waals surface area contributed by atoms with Crippen molar-refractivity contribution >= 4 is 15.9 Å². The lowest BCUT2D eigenvalue weighted by Gasteiger charge is -2.34. The van der Waals surface area contributed by atoms with Crippen molar-refractivity contribution in [3.63, 3.8) is 0 Å². The third-order valence-corrected chi connectivity index (χ3v) is 6.42. The van der Waals surface area contributed by atoms with E-state index in [0.717, 1.165) is 25.7 Å². The maximum Gasteiger partial charge on any atom is 0.238 e. The van der Waals surface area contributed by atoms with E-state index in [4.69, 9.17) is 5.73 Å². The smallest absolute Gasteiger partial charge is 0.238 e. The Labute approximate surface area is 127 Å². The van der Waals surface area contributed by atoms with E-state index < -0.39 is 16.1 Å². The van der Waals surface area contributed by atoms with Crippen molar-refractivity contribution in [3.8, 4) is 0 Å². The van der Waals surface area contributed by atoms with Gasteiger partial charge in [0.25, 0.3) is 0 Å². The number of carbonyl (C=O) groups excluding carboxylic acids is 1. The Morgan fingerprint density at radius 2 is 2.05 bits per heavy atom. The summed E-state index contributed by atoms with van der Waals surface area (Å²) in [6.45, 7) is 2.72. The minimum atomic E-state index is -3.33. The molecule has 1 aliphatic carbocycles. The first-order valence-corrected chi connectivity index (χ1v) is 9.60. The molecule has 2 atom stereocenters. The van der Waals surface area contributed by atoms with Gasteiger partial charge in [0.2, 0.25) is 15.9 Å². The fraction of sp³-hybridized carbons (Fsp3) is 0.929. The SMILES string of the molecule is CCCS(=O)(=O)N1CCCCC1C(=O)NC(CN)C1CC1. The zero-order chi connectivity index (χ0) is 15.5. The summed E-state index contributed by atoms with van der Waals surface area (Å²) in [6, 6.07) is -0.557. The van der Waals surface area contributed by atoms with Gasteiger partial charge in [-0.05, 0) is 38.0 Å². The van der Waals surface area contributed by atoms with E-state index in [1.165, 1.54) is 4.31 Å². The average molecular weight is 317 g/mol. The van der Waals surface area contributed by atoms with Crippen molar-refractivity contribution < 1.29 is 13.2 Å². The number of rotatable bonds is 7. The summed E-state index contributed by atoms with van der Waals surface area (Å²) >= 11 is 0. The summed E-state index contributed by atoms with van der Waals surface area (Å²) in [5.74, 6) is 0.416. The van der Waals surface area contributed by atoms with Gasteiger partial charge in [-0.25, -0.2) is 8.42 Å². The lowest BCUT2D eigenvalue weighted by Crippen LogP contribution is -2.55. The Bertz CT molecular complexity index is 462. The molecule has 3 N–H and O–H groups in total. The third kappa shape index (κ3) is 4.17. The summed E-state index contributed by atoms with van der Waals surface area (Å²) in [5, 5.41) is 2.97. The molecule has 0 radical (unpaired) electrons. The van der Waals surface area contributed by atoms with Crippen LogP contribution in [0.4, 0.5) is 0 Å². The van der Waals surface area contributed by atoms with E-state index in [1.54, 1.807) is 0 Å². The number of hydrogen-bond donors (Lipinski definition) is 2. The third-order valence-electron chi connectivity index (χ3n) is 4.35. The second kappa shape index (κ2) is 7.07. The van der Waals surface area contributed by atoms with Gasteiger partial charge < -0.3 is 11.1 Å². The predicted molar refractivity (Wildman–Crippen MR) is 82.1 cm³/mol. The van der Waals surface area contributed by atoms with Crippen molar-refractivity contribution in [3.05, 3.63) is 0 Å².